The molecule has 0 N–H and O–H groups in total. The van der Waals surface area contributed by atoms with Crippen molar-refractivity contribution in [1.29, 1.82) is 0 Å². The molecule has 1 unspecified atom stereocenters. The third-order valence-corrected chi connectivity index (χ3v) is 4.46. The number of carbonyl (C=O) groups is 1. The zero-order valence-electron chi connectivity index (χ0n) is 14.5. The summed E-state index contributed by atoms with van der Waals surface area (Å²) < 4.78 is 10.6. The lowest BCUT2D eigenvalue weighted by atomic mass is 10.0. The summed E-state index contributed by atoms with van der Waals surface area (Å²) in [5, 5.41) is 10.8. The molecule has 0 aromatic heterocycles. The average Bonchev–Trinajstić information content (AvgIpc) is 3.16. The largest absolute Gasteiger partial charge is 0.497 e. The number of nitro benzene ring substituents is 1. The Kier molecular flexibility index (Phi) is 5.36. The van der Waals surface area contributed by atoms with Gasteiger partial charge in [-0.15, -0.1) is 0 Å². The van der Waals surface area contributed by atoms with E-state index in [2.05, 4.69) is 0 Å². The number of nitrogens with zero attached hydrogens (tertiary/aromatic N) is 2. The number of methoxy groups -OCH3 is 1. The molecule has 0 bridgehead atoms. The molecule has 0 spiro atoms. The van der Waals surface area contributed by atoms with Crippen molar-refractivity contribution in [1.82, 2.24) is 4.90 Å². The molecule has 1 aliphatic rings. The first kappa shape index (κ1) is 17.7. The van der Waals surface area contributed by atoms with Crippen LogP contribution in [-0.4, -0.2) is 36.0 Å². The van der Waals surface area contributed by atoms with Gasteiger partial charge in [0.05, 0.1) is 24.1 Å². The van der Waals surface area contributed by atoms with Crippen LogP contribution < -0.4 is 9.47 Å². The molecule has 2 aromatic rings. The molecule has 136 valence electrons. The number of amides is 1. The van der Waals surface area contributed by atoms with Gasteiger partial charge in [0.15, 0.2) is 6.61 Å². The molecular weight excluding hydrogens is 336 g/mol. The van der Waals surface area contributed by atoms with Gasteiger partial charge < -0.3 is 14.4 Å². The van der Waals surface area contributed by atoms with Gasteiger partial charge in [-0.05, 0) is 36.6 Å². The number of non-ortho nitro benzene ring substituents is 1. The lowest BCUT2D eigenvalue weighted by Gasteiger charge is -2.25. The predicted octanol–water partition coefficient (Wildman–Crippen LogP) is 3.35. The van der Waals surface area contributed by atoms with Crippen molar-refractivity contribution in [3.63, 3.8) is 0 Å². The van der Waals surface area contributed by atoms with Crippen LogP contribution in [0.4, 0.5) is 5.69 Å². The summed E-state index contributed by atoms with van der Waals surface area (Å²) in [6, 6.07) is 13.6. The maximum absolute atomic E-state index is 12.6. The van der Waals surface area contributed by atoms with E-state index < -0.39 is 4.92 Å². The average molecular weight is 356 g/mol. The first-order valence-electron chi connectivity index (χ1n) is 8.39. The molecule has 0 aliphatic carbocycles. The van der Waals surface area contributed by atoms with Gasteiger partial charge in [0.2, 0.25) is 0 Å². The molecule has 1 aliphatic heterocycles. The lowest BCUT2D eigenvalue weighted by molar-refractivity contribution is -0.384. The van der Waals surface area contributed by atoms with E-state index in [1.54, 1.807) is 18.1 Å². The Morgan fingerprint density at radius 2 is 2.00 bits per heavy atom. The van der Waals surface area contributed by atoms with Crippen molar-refractivity contribution in [3.05, 3.63) is 64.2 Å². The van der Waals surface area contributed by atoms with Gasteiger partial charge in [-0.2, -0.15) is 0 Å². The van der Waals surface area contributed by atoms with Crippen LogP contribution in [0.25, 0.3) is 0 Å². The molecule has 1 heterocycles. The van der Waals surface area contributed by atoms with Crippen molar-refractivity contribution in [2.75, 3.05) is 20.3 Å². The molecular formula is C19H20N2O5. The number of hydrogen-bond donors (Lipinski definition) is 0. The number of ether oxygens (including phenoxy) is 2. The number of hydrogen-bond acceptors (Lipinski definition) is 5. The molecule has 3 rings (SSSR count). The summed E-state index contributed by atoms with van der Waals surface area (Å²) in [6.45, 7) is 0.529. The summed E-state index contributed by atoms with van der Waals surface area (Å²) in [4.78, 5) is 24.7. The molecule has 1 fully saturated rings. The molecule has 7 heteroatoms. The van der Waals surface area contributed by atoms with Crippen LogP contribution in [0.2, 0.25) is 0 Å². The summed E-state index contributed by atoms with van der Waals surface area (Å²) in [5.74, 6) is 0.959. The van der Waals surface area contributed by atoms with Gasteiger partial charge in [0.1, 0.15) is 11.5 Å². The highest BCUT2D eigenvalue weighted by molar-refractivity contribution is 5.78. The normalized spacial score (nSPS) is 16.3. The highest BCUT2D eigenvalue weighted by Gasteiger charge is 2.30. The Hall–Kier alpha value is -3.09. The standard InChI is InChI=1S/C19H20N2O5/c1-25-16-9-7-14(8-10-16)18-6-3-11-20(18)19(22)13-26-17-5-2-4-15(12-17)21(23)24/h2,4-5,7-10,12,18H,3,6,11,13H2,1H3. The van der Waals surface area contributed by atoms with Crippen molar-refractivity contribution < 1.29 is 19.2 Å². The quantitative estimate of drug-likeness (QED) is 0.586. The van der Waals surface area contributed by atoms with E-state index >= 15 is 0 Å². The number of likely N-dealkylation sites (tertiary alicyclic amines) is 1. The number of rotatable bonds is 6. The second-order valence-corrected chi connectivity index (χ2v) is 6.06. The van der Waals surface area contributed by atoms with Crippen LogP contribution >= 0.6 is 0 Å². The second-order valence-electron chi connectivity index (χ2n) is 6.06. The van der Waals surface area contributed by atoms with Crippen LogP contribution in [0.15, 0.2) is 48.5 Å². The number of benzene rings is 2. The minimum atomic E-state index is -0.491. The highest BCUT2D eigenvalue weighted by Crippen LogP contribution is 2.33. The molecule has 26 heavy (non-hydrogen) atoms. The number of carbonyl (C=O) groups excluding carboxylic acids is 1. The van der Waals surface area contributed by atoms with Gasteiger partial charge in [-0.25, -0.2) is 0 Å². The molecule has 0 saturated carbocycles. The Bertz CT molecular complexity index is 791. The molecule has 0 radical (unpaired) electrons. The fourth-order valence-electron chi connectivity index (χ4n) is 3.15. The summed E-state index contributed by atoms with van der Waals surface area (Å²) in [5.41, 5.74) is 0.999. The topological polar surface area (TPSA) is 81.9 Å². The predicted molar refractivity (Wildman–Crippen MR) is 95.3 cm³/mol. The molecule has 7 nitrogen and oxygen atoms in total. The van der Waals surface area contributed by atoms with E-state index in [1.165, 1.54) is 18.2 Å². The lowest BCUT2D eigenvalue weighted by Crippen LogP contribution is -2.34. The Morgan fingerprint density at radius 3 is 2.69 bits per heavy atom. The van der Waals surface area contributed by atoms with Gasteiger partial charge in [-0.3, -0.25) is 14.9 Å². The molecule has 2 aromatic carbocycles. The van der Waals surface area contributed by atoms with E-state index in [9.17, 15) is 14.9 Å². The summed E-state index contributed by atoms with van der Waals surface area (Å²) in [7, 11) is 1.62. The Morgan fingerprint density at radius 1 is 1.23 bits per heavy atom. The van der Waals surface area contributed by atoms with Gasteiger partial charge in [-0.1, -0.05) is 18.2 Å². The zero-order valence-corrected chi connectivity index (χ0v) is 14.5. The minimum Gasteiger partial charge on any atom is -0.497 e. The number of nitro groups is 1. The Labute approximate surface area is 151 Å². The smallest absolute Gasteiger partial charge is 0.273 e. The van der Waals surface area contributed by atoms with Crippen LogP contribution in [0.3, 0.4) is 0 Å². The monoisotopic (exact) mass is 356 g/mol. The van der Waals surface area contributed by atoms with Crippen LogP contribution in [-0.2, 0) is 4.79 Å². The van der Waals surface area contributed by atoms with Gasteiger partial charge >= 0.3 is 0 Å². The first-order valence-corrected chi connectivity index (χ1v) is 8.39. The fourth-order valence-corrected chi connectivity index (χ4v) is 3.15. The van der Waals surface area contributed by atoms with Crippen LogP contribution in [0.1, 0.15) is 24.4 Å². The third kappa shape index (κ3) is 3.93. The van der Waals surface area contributed by atoms with Crippen molar-refractivity contribution in [3.8, 4) is 11.5 Å². The van der Waals surface area contributed by atoms with Crippen molar-refractivity contribution >= 4 is 11.6 Å². The second kappa shape index (κ2) is 7.86. The van der Waals surface area contributed by atoms with E-state index in [-0.39, 0.29) is 24.2 Å². The fraction of sp³-hybridized carbons (Fsp3) is 0.316. The molecule has 1 atom stereocenters. The third-order valence-electron chi connectivity index (χ3n) is 4.46. The first-order chi connectivity index (χ1) is 12.6. The van der Waals surface area contributed by atoms with Gasteiger partial charge in [0, 0.05) is 12.6 Å². The van der Waals surface area contributed by atoms with Gasteiger partial charge in [0.25, 0.3) is 11.6 Å². The Balaban J connectivity index is 1.64. The molecule has 1 saturated heterocycles. The van der Waals surface area contributed by atoms with E-state index in [0.717, 1.165) is 24.2 Å². The molecule has 1 amide bonds. The summed E-state index contributed by atoms with van der Waals surface area (Å²) >= 11 is 0. The van der Waals surface area contributed by atoms with Crippen molar-refractivity contribution in [2.45, 2.75) is 18.9 Å². The van der Waals surface area contributed by atoms with E-state index in [1.807, 2.05) is 24.3 Å². The van der Waals surface area contributed by atoms with E-state index in [0.29, 0.717) is 12.3 Å². The zero-order chi connectivity index (χ0) is 18.5. The highest BCUT2D eigenvalue weighted by atomic mass is 16.6. The maximum Gasteiger partial charge on any atom is 0.273 e. The van der Waals surface area contributed by atoms with Crippen LogP contribution in [0, 0.1) is 10.1 Å². The van der Waals surface area contributed by atoms with Crippen molar-refractivity contribution in [2.24, 2.45) is 0 Å². The maximum atomic E-state index is 12.6. The SMILES string of the molecule is COc1ccc(C2CCCN2C(=O)COc2cccc([N+](=O)[O-])c2)cc1. The minimum absolute atomic E-state index is 0.0158. The summed E-state index contributed by atoms with van der Waals surface area (Å²) in [6.07, 6.45) is 1.83. The van der Waals surface area contributed by atoms with E-state index in [4.69, 9.17) is 9.47 Å². The van der Waals surface area contributed by atoms with Crippen LogP contribution in [0.5, 0.6) is 11.5 Å².